The molecular weight excluding hydrogens is 274 g/mol. The van der Waals surface area contributed by atoms with Crippen LogP contribution in [-0.2, 0) is 11.2 Å². The number of nitrogens with one attached hydrogen (secondary N) is 1. The van der Waals surface area contributed by atoms with Crippen molar-refractivity contribution in [1.82, 2.24) is 0 Å². The van der Waals surface area contributed by atoms with Gasteiger partial charge in [0.15, 0.2) is 0 Å². The first-order valence-corrected chi connectivity index (χ1v) is 7.38. The molecule has 1 amide bonds. The van der Waals surface area contributed by atoms with E-state index in [-0.39, 0.29) is 5.91 Å². The van der Waals surface area contributed by atoms with E-state index in [9.17, 15) is 4.79 Å². The van der Waals surface area contributed by atoms with Gasteiger partial charge in [-0.05, 0) is 49.6 Å². The maximum absolute atomic E-state index is 12.2. The summed E-state index contributed by atoms with van der Waals surface area (Å²) in [7, 11) is 0. The summed E-state index contributed by atoms with van der Waals surface area (Å²) in [4.78, 5) is 12.2. The van der Waals surface area contributed by atoms with Crippen LogP contribution in [0.4, 0.5) is 5.69 Å². The largest absolute Gasteiger partial charge is 0.464 e. The summed E-state index contributed by atoms with van der Waals surface area (Å²) in [6.45, 7) is 6.18. The lowest BCUT2D eigenvalue weighted by atomic mass is 9.99. The van der Waals surface area contributed by atoms with Crippen LogP contribution in [0.1, 0.15) is 22.3 Å². The fraction of sp³-hybridized carbons (Fsp3) is 0.211. The molecule has 3 nitrogen and oxygen atoms in total. The Kier molecular flexibility index (Phi) is 3.72. The lowest BCUT2D eigenvalue weighted by Crippen LogP contribution is -2.14. The summed E-state index contributed by atoms with van der Waals surface area (Å²) >= 11 is 0. The molecule has 0 radical (unpaired) electrons. The Hall–Kier alpha value is -2.55. The Bertz CT molecular complexity index is 832. The standard InChI is InChI=1S/C19H19NO2/c1-12-9-13(2)18-15(11-22-19(18)14(12)3)10-17(21)20-16-7-5-4-6-8-16/h4-9,11H,10H2,1-3H3,(H,20,21). The highest BCUT2D eigenvalue weighted by Gasteiger charge is 2.15. The number of anilines is 1. The number of carbonyl (C=O) groups is 1. The van der Waals surface area contributed by atoms with Gasteiger partial charge in [-0.1, -0.05) is 24.3 Å². The predicted octanol–water partition coefficient (Wildman–Crippen LogP) is 4.54. The molecule has 0 aliphatic rings. The molecule has 0 atom stereocenters. The fourth-order valence-corrected chi connectivity index (χ4v) is 2.82. The number of furan rings is 1. The second-order valence-electron chi connectivity index (χ2n) is 5.69. The highest BCUT2D eigenvalue weighted by atomic mass is 16.3. The molecule has 0 saturated carbocycles. The van der Waals surface area contributed by atoms with E-state index in [0.29, 0.717) is 6.42 Å². The highest BCUT2D eigenvalue weighted by molar-refractivity contribution is 5.96. The third kappa shape index (κ3) is 2.62. The summed E-state index contributed by atoms with van der Waals surface area (Å²) in [5, 5.41) is 3.97. The fourth-order valence-electron chi connectivity index (χ4n) is 2.82. The van der Waals surface area contributed by atoms with Crippen molar-refractivity contribution in [2.24, 2.45) is 0 Å². The summed E-state index contributed by atoms with van der Waals surface area (Å²) in [5.41, 5.74) is 6.12. The van der Waals surface area contributed by atoms with E-state index in [2.05, 4.69) is 32.2 Å². The van der Waals surface area contributed by atoms with Gasteiger partial charge >= 0.3 is 0 Å². The second kappa shape index (κ2) is 5.68. The molecule has 3 heteroatoms. The van der Waals surface area contributed by atoms with Gasteiger partial charge in [0.1, 0.15) is 5.58 Å². The van der Waals surface area contributed by atoms with E-state index in [1.165, 1.54) is 5.56 Å². The molecule has 3 aromatic rings. The van der Waals surface area contributed by atoms with Gasteiger partial charge in [0, 0.05) is 16.6 Å². The lowest BCUT2D eigenvalue weighted by Gasteiger charge is -2.07. The van der Waals surface area contributed by atoms with Gasteiger partial charge in [0.25, 0.3) is 0 Å². The van der Waals surface area contributed by atoms with Crippen LogP contribution in [0.3, 0.4) is 0 Å². The van der Waals surface area contributed by atoms with Gasteiger partial charge in [0.05, 0.1) is 12.7 Å². The number of carbonyl (C=O) groups excluding carboxylic acids is 1. The topological polar surface area (TPSA) is 42.2 Å². The number of benzene rings is 2. The molecule has 1 heterocycles. The third-order valence-corrected chi connectivity index (χ3v) is 4.04. The summed E-state index contributed by atoms with van der Waals surface area (Å²) < 4.78 is 5.71. The van der Waals surface area contributed by atoms with Gasteiger partial charge in [-0.15, -0.1) is 0 Å². The van der Waals surface area contributed by atoms with Crippen LogP contribution in [0.25, 0.3) is 11.0 Å². The van der Waals surface area contributed by atoms with Crippen molar-refractivity contribution in [3.05, 3.63) is 64.9 Å². The van der Waals surface area contributed by atoms with Crippen LogP contribution in [-0.4, -0.2) is 5.91 Å². The van der Waals surface area contributed by atoms with Crippen molar-refractivity contribution < 1.29 is 9.21 Å². The maximum Gasteiger partial charge on any atom is 0.228 e. The second-order valence-corrected chi connectivity index (χ2v) is 5.69. The highest BCUT2D eigenvalue weighted by Crippen LogP contribution is 2.30. The molecule has 0 bridgehead atoms. The summed E-state index contributed by atoms with van der Waals surface area (Å²) in [6, 6.07) is 11.6. The van der Waals surface area contributed by atoms with E-state index < -0.39 is 0 Å². The Labute approximate surface area is 130 Å². The number of rotatable bonds is 3. The van der Waals surface area contributed by atoms with Crippen molar-refractivity contribution in [3.8, 4) is 0 Å². The number of aryl methyl sites for hydroxylation is 3. The molecular formula is C19H19NO2. The maximum atomic E-state index is 12.2. The van der Waals surface area contributed by atoms with E-state index >= 15 is 0 Å². The van der Waals surface area contributed by atoms with Crippen LogP contribution < -0.4 is 5.32 Å². The number of para-hydroxylation sites is 1. The Morgan fingerprint density at radius 1 is 1.09 bits per heavy atom. The van der Waals surface area contributed by atoms with Gasteiger partial charge in [0.2, 0.25) is 5.91 Å². The zero-order valence-corrected chi connectivity index (χ0v) is 13.1. The van der Waals surface area contributed by atoms with Crippen LogP contribution in [0.2, 0.25) is 0 Å². The Morgan fingerprint density at radius 2 is 1.82 bits per heavy atom. The molecule has 1 aromatic heterocycles. The van der Waals surface area contributed by atoms with Gasteiger partial charge in [-0.2, -0.15) is 0 Å². The van der Waals surface area contributed by atoms with Crippen molar-refractivity contribution in [2.75, 3.05) is 5.32 Å². The molecule has 0 fully saturated rings. The molecule has 0 spiro atoms. The molecule has 1 N–H and O–H groups in total. The van der Waals surface area contributed by atoms with E-state index in [1.807, 2.05) is 30.3 Å². The van der Waals surface area contributed by atoms with Crippen molar-refractivity contribution in [3.63, 3.8) is 0 Å². The van der Waals surface area contributed by atoms with Crippen molar-refractivity contribution in [1.29, 1.82) is 0 Å². The van der Waals surface area contributed by atoms with Gasteiger partial charge in [-0.25, -0.2) is 0 Å². The average molecular weight is 293 g/mol. The van der Waals surface area contributed by atoms with Crippen LogP contribution in [0.15, 0.2) is 47.1 Å². The van der Waals surface area contributed by atoms with Gasteiger partial charge in [-0.3, -0.25) is 4.79 Å². The minimum absolute atomic E-state index is 0.0356. The Balaban J connectivity index is 1.88. The molecule has 0 unspecified atom stereocenters. The number of hydrogen-bond acceptors (Lipinski definition) is 2. The quantitative estimate of drug-likeness (QED) is 0.770. The lowest BCUT2D eigenvalue weighted by molar-refractivity contribution is -0.115. The molecule has 0 aliphatic carbocycles. The third-order valence-electron chi connectivity index (χ3n) is 4.04. The zero-order chi connectivity index (χ0) is 15.7. The monoisotopic (exact) mass is 293 g/mol. The molecule has 112 valence electrons. The number of hydrogen-bond donors (Lipinski definition) is 1. The summed E-state index contributed by atoms with van der Waals surface area (Å²) in [6.07, 6.45) is 2.01. The molecule has 0 aliphatic heterocycles. The number of fused-ring (bicyclic) bond motifs is 1. The first-order chi connectivity index (χ1) is 10.6. The SMILES string of the molecule is Cc1cc(C)c2c(CC(=O)Nc3ccccc3)coc2c1C. The zero-order valence-electron chi connectivity index (χ0n) is 13.1. The predicted molar refractivity (Wildman–Crippen MR) is 89.2 cm³/mol. The number of amides is 1. The molecule has 22 heavy (non-hydrogen) atoms. The summed E-state index contributed by atoms with van der Waals surface area (Å²) in [5.74, 6) is -0.0356. The minimum Gasteiger partial charge on any atom is -0.464 e. The first-order valence-electron chi connectivity index (χ1n) is 7.38. The molecule has 0 saturated heterocycles. The van der Waals surface area contributed by atoms with E-state index in [0.717, 1.165) is 33.3 Å². The normalized spacial score (nSPS) is 10.9. The van der Waals surface area contributed by atoms with Gasteiger partial charge < -0.3 is 9.73 Å². The van der Waals surface area contributed by atoms with Crippen molar-refractivity contribution in [2.45, 2.75) is 27.2 Å². The average Bonchev–Trinajstić information content (AvgIpc) is 2.90. The van der Waals surface area contributed by atoms with E-state index in [1.54, 1.807) is 6.26 Å². The van der Waals surface area contributed by atoms with Crippen LogP contribution in [0, 0.1) is 20.8 Å². The van der Waals surface area contributed by atoms with E-state index in [4.69, 9.17) is 4.42 Å². The minimum atomic E-state index is -0.0356. The van der Waals surface area contributed by atoms with Crippen LogP contribution in [0.5, 0.6) is 0 Å². The smallest absolute Gasteiger partial charge is 0.228 e. The molecule has 2 aromatic carbocycles. The Morgan fingerprint density at radius 3 is 2.55 bits per heavy atom. The molecule has 3 rings (SSSR count). The first kappa shape index (κ1) is 14.4. The van der Waals surface area contributed by atoms with Crippen molar-refractivity contribution >= 4 is 22.6 Å². The van der Waals surface area contributed by atoms with Crippen LogP contribution >= 0.6 is 0 Å².